The first-order chi connectivity index (χ1) is 7.31. The van der Waals surface area contributed by atoms with Gasteiger partial charge in [-0.2, -0.15) is 0 Å². The first-order valence-electron chi connectivity index (χ1n) is 5.63. The van der Waals surface area contributed by atoms with Gasteiger partial charge in [-0.3, -0.25) is 0 Å². The van der Waals surface area contributed by atoms with Crippen LogP contribution in [0.25, 0.3) is 0 Å². The van der Waals surface area contributed by atoms with E-state index in [1.165, 1.54) is 12.8 Å². The van der Waals surface area contributed by atoms with Gasteiger partial charge in [0.2, 0.25) is 0 Å². The van der Waals surface area contributed by atoms with E-state index < -0.39 is 0 Å². The summed E-state index contributed by atoms with van der Waals surface area (Å²) in [6.07, 6.45) is 7.81. The highest BCUT2D eigenvalue weighted by molar-refractivity contribution is 5.19. The van der Waals surface area contributed by atoms with Crippen LogP contribution >= 0.6 is 0 Å². The average Bonchev–Trinajstić information content (AvgIpc) is 3.05. The Labute approximate surface area is 91.2 Å². The summed E-state index contributed by atoms with van der Waals surface area (Å²) in [5.74, 6) is 1.35. The second-order valence-corrected chi connectivity index (χ2v) is 3.91. The highest BCUT2D eigenvalue weighted by Gasteiger charge is 2.22. The third-order valence-electron chi connectivity index (χ3n) is 2.37. The zero-order chi connectivity index (χ0) is 11.1. The molecule has 0 aromatic carbocycles. The predicted molar refractivity (Wildman–Crippen MR) is 61.2 cm³/mol. The summed E-state index contributed by atoms with van der Waals surface area (Å²) in [6.45, 7) is 4.66. The topological polar surface area (TPSA) is 38.7 Å². The largest absolute Gasteiger partial charge is 0.491 e. The van der Waals surface area contributed by atoms with E-state index in [1.807, 2.05) is 26.0 Å². The lowest BCUT2D eigenvalue weighted by Crippen LogP contribution is -1.98. The number of hydrogen-bond acceptors (Lipinski definition) is 3. The van der Waals surface area contributed by atoms with E-state index in [9.17, 15) is 4.91 Å². The molecule has 0 aliphatic heterocycles. The SMILES string of the molecule is C/C=C/C(OCC1CC1)=C(\CCC)N=O. The molecule has 1 fully saturated rings. The molecule has 0 aromatic rings. The molecule has 0 unspecified atom stereocenters. The minimum absolute atomic E-state index is 0.538. The second kappa shape index (κ2) is 6.38. The Balaban J connectivity index is 2.61. The third kappa shape index (κ3) is 4.28. The molecule has 3 heteroatoms. The summed E-state index contributed by atoms with van der Waals surface area (Å²) in [5.41, 5.74) is 0.538. The Hall–Kier alpha value is -1.12. The molecule has 0 spiro atoms. The molecule has 0 heterocycles. The van der Waals surface area contributed by atoms with Gasteiger partial charge in [0.05, 0.1) is 6.61 Å². The minimum Gasteiger partial charge on any atom is -0.491 e. The van der Waals surface area contributed by atoms with Crippen molar-refractivity contribution in [3.63, 3.8) is 0 Å². The first kappa shape index (κ1) is 12.0. The van der Waals surface area contributed by atoms with Crippen molar-refractivity contribution in [2.45, 2.75) is 39.5 Å². The van der Waals surface area contributed by atoms with Gasteiger partial charge in [-0.1, -0.05) is 19.4 Å². The molecule has 84 valence electrons. The Morgan fingerprint density at radius 2 is 2.27 bits per heavy atom. The molecule has 1 rings (SSSR count). The average molecular weight is 209 g/mol. The molecule has 0 atom stereocenters. The molecule has 1 aliphatic carbocycles. The molecule has 3 nitrogen and oxygen atoms in total. The monoisotopic (exact) mass is 209 g/mol. The summed E-state index contributed by atoms with van der Waals surface area (Å²) in [7, 11) is 0. The van der Waals surface area contributed by atoms with Gasteiger partial charge in [-0.15, -0.1) is 4.91 Å². The highest BCUT2D eigenvalue weighted by Crippen LogP contribution is 2.30. The fourth-order valence-electron chi connectivity index (χ4n) is 1.32. The number of allylic oxidation sites excluding steroid dienone is 3. The number of ether oxygens (including phenoxy) is 1. The lowest BCUT2D eigenvalue weighted by atomic mass is 10.2. The van der Waals surface area contributed by atoms with Crippen LogP contribution < -0.4 is 0 Å². The van der Waals surface area contributed by atoms with Crippen molar-refractivity contribution < 1.29 is 4.74 Å². The van der Waals surface area contributed by atoms with Crippen molar-refractivity contribution in [1.82, 2.24) is 0 Å². The Morgan fingerprint density at radius 1 is 1.53 bits per heavy atom. The Morgan fingerprint density at radius 3 is 2.73 bits per heavy atom. The van der Waals surface area contributed by atoms with Gasteiger partial charge in [-0.25, -0.2) is 0 Å². The van der Waals surface area contributed by atoms with Crippen LogP contribution in [0.5, 0.6) is 0 Å². The first-order valence-corrected chi connectivity index (χ1v) is 5.63. The zero-order valence-electron chi connectivity index (χ0n) is 9.53. The normalized spacial score (nSPS) is 17.7. The fraction of sp³-hybridized carbons (Fsp3) is 0.667. The van der Waals surface area contributed by atoms with Gasteiger partial charge in [0.1, 0.15) is 11.5 Å². The quantitative estimate of drug-likeness (QED) is 0.363. The molecule has 0 bridgehead atoms. The number of rotatable bonds is 7. The molecular weight excluding hydrogens is 190 g/mol. The van der Waals surface area contributed by atoms with Crippen LogP contribution in [-0.4, -0.2) is 6.61 Å². The van der Waals surface area contributed by atoms with Crippen molar-refractivity contribution in [1.29, 1.82) is 0 Å². The van der Waals surface area contributed by atoms with E-state index in [1.54, 1.807) is 0 Å². The Bertz CT molecular complexity index is 265. The van der Waals surface area contributed by atoms with E-state index in [0.717, 1.165) is 13.0 Å². The van der Waals surface area contributed by atoms with Gasteiger partial charge in [-0.05, 0) is 43.4 Å². The van der Waals surface area contributed by atoms with Gasteiger partial charge in [0.15, 0.2) is 0 Å². The standard InChI is InChI=1S/C12H19NO2/c1-3-5-11(13-14)12(6-4-2)15-9-10-7-8-10/h4,6,10H,3,5,7-9H2,1-2H3/b6-4+,12-11-. The molecule has 0 radical (unpaired) electrons. The van der Waals surface area contributed by atoms with Crippen molar-refractivity contribution in [3.05, 3.63) is 28.5 Å². The maximum atomic E-state index is 10.6. The van der Waals surface area contributed by atoms with Gasteiger partial charge in [0.25, 0.3) is 0 Å². The molecule has 0 aromatic heterocycles. The van der Waals surface area contributed by atoms with E-state index in [2.05, 4.69) is 5.18 Å². The van der Waals surface area contributed by atoms with Crippen LogP contribution in [0.4, 0.5) is 0 Å². The van der Waals surface area contributed by atoms with E-state index >= 15 is 0 Å². The lowest BCUT2D eigenvalue weighted by Gasteiger charge is -2.08. The molecule has 0 saturated heterocycles. The predicted octanol–water partition coefficient (Wildman–Crippen LogP) is 3.77. The summed E-state index contributed by atoms with van der Waals surface area (Å²) in [4.78, 5) is 10.6. The number of nitrogens with zero attached hydrogens (tertiary/aromatic N) is 1. The van der Waals surface area contributed by atoms with Crippen LogP contribution in [0.3, 0.4) is 0 Å². The molecular formula is C12H19NO2. The lowest BCUT2D eigenvalue weighted by molar-refractivity contribution is 0.206. The molecule has 0 amide bonds. The van der Waals surface area contributed by atoms with Crippen LogP contribution in [0, 0.1) is 10.8 Å². The van der Waals surface area contributed by atoms with Crippen LogP contribution in [0.2, 0.25) is 0 Å². The van der Waals surface area contributed by atoms with Crippen molar-refractivity contribution in [3.8, 4) is 0 Å². The van der Waals surface area contributed by atoms with Crippen molar-refractivity contribution >= 4 is 0 Å². The second-order valence-electron chi connectivity index (χ2n) is 3.91. The maximum Gasteiger partial charge on any atom is 0.143 e. The molecule has 0 N–H and O–H groups in total. The van der Waals surface area contributed by atoms with E-state index in [-0.39, 0.29) is 0 Å². The molecule has 15 heavy (non-hydrogen) atoms. The molecule has 1 aliphatic rings. The van der Waals surface area contributed by atoms with Crippen LogP contribution in [-0.2, 0) is 4.74 Å². The summed E-state index contributed by atoms with van der Waals surface area (Å²) in [6, 6.07) is 0. The Kier molecular flexibility index (Phi) is 5.08. The van der Waals surface area contributed by atoms with Crippen LogP contribution in [0.15, 0.2) is 28.8 Å². The van der Waals surface area contributed by atoms with E-state index in [0.29, 0.717) is 23.8 Å². The summed E-state index contributed by atoms with van der Waals surface area (Å²) >= 11 is 0. The number of hydrogen-bond donors (Lipinski definition) is 0. The minimum atomic E-state index is 0.538. The third-order valence-corrected chi connectivity index (χ3v) is 2.37. The highest BCUT2D eigenvalue weighted by atomic mass is 16.5. The van der Waals surface area contributed by atoms with E-state index in [4.69, 9.17) is 4.74 Å². The van der Waals surface area contributed by atoms with Crippen LogP contribution in [0.1, 0.15) is 39.5 Å². The summed E-state index contributed by atoms with van der Waals surface area (Å²) < 4.78 is 5.61. The van der Waals surface area contributed by atoms with Gasteiger partial charge < -0.3 is 4.74 Å². The maximum absolute atomic E-state index is 10.6. The van der Waals surface area contributed by atoms with Gasteiger partial charge in [0, 0.05) is 0 Å². The van der Waals surface area contributed by atoms with Crippen molar-refractivity contribution in [2.75, 3.05) is 6.61 Å². The smallest absolute Gasteiger partial charge is 0.143 e. The summed E-state index contributed by atoms with van der Waals surface area (Å²) in [5, 5.41) is 3.05. The van der Waals surface area contributed by atoms with Crippen molar-refractivity contribution in [2.24, 2.45) is 11.1 Å². The zero-order valence-corrected chi connectivity index (χ0v) is 9.53. The number of nitroso groups, excluding NO2 is 1. The van der Waals surface area contributed by atoms with Gasteiger partial charge >= 0.3 is 0 Å². The molecule has 1 saturated carbocycles. The fourth-order valence-corrected chi connectivity index (χ4v) is 1.32.